The van der Waals surface area contributed by atoms with Gasteiger partial charge >= 0.3 is 0 Å². The Balaban J connectivity index is 2.23. The van der Waals surface area contributed by atoms with Crippen molar-refractivity contribution < 1.29 is 9.84 Å². The molecule has 0 amide bonds. The van der Waals surface area contributed by atoms with Crippen LogP contribution in [0.4, 0.5) is 0 Å². The van der Waals surface area contributed by atoms with Crippen LogP contribution in [0.25, 0.3) is 0 Å². The number of hydrogen-bond acceptors (Lipinski definition) is 2. The van der Waals surface area contributed by atoms with E-state index in [0.717, 1.165) is 19.3 Å². The molecule has 2 nitrogen and oxygen atoms in total. The second-order valence-corrected chi connectivity index (χ2v) is 2.61. The smallest absolute Gasteiger partial charge is 0.154 e. The Hall–Kier alpha value is 0.210. The molecule has 3 heteroatoms. The maximum Gasteiger partial charge on any atom is 0.154 e. The minimum atomic E-state index is -0.567. The van der Waals surface area contributed by atoms with Gasteiger partial charge in [0.25, 0.3) is 0 Å². The van der Waals surface area contributed by atoms with Crippen LogP contribution < -0.4 is 0 Å². The van der Waals surface area contributed by atoms with Crippen molar-refractivity contribution in [2.24, 2.45) is 0 Å². The molecule has 2 unspecified atom stereocenters. The first kappa shape index (κ1) is 7.32. The van der Waals surface area contributed by atoms with Crippen LogP contribution in [0.15, 0.2) is 0 Å². The maximum absolute atomic E-state index is 8.93. The van der Waals surface area contributed by atoms with E-state index in [1.54, 1.807) is 0 Å². The third kappa shape index (κ3) is 2.12. The van der Waals surface area contributed by atoms with E-state index < -0.39 is 6.29 Å². The molecule has 1 rings (SSSR count). The van der Waals surface area contributed by atoms with Gasteiger partial charge in [0, 0.05) is 5.88 Å². The zero-order valence-corrected chi connectivity index (χ0v) is 5.97. The number of alkyl halides is 1. The minimum Gasteiger partial charge on any atom is -0.368 e. The summed E-state index contributed by atoms with van der Waals surface area (Å²) < 4.78 is 5.06. The Kier molecular flexibility index (Phi) is 2.76. The lowest BCUT2D eigenvalue weighted by atomic mass is 10.1. The van der Waals surface area contributed by atoms with Crippen LogP contribution in [0.2, 0.25) is 0 Å². The maximum atomic E-state index is 8.93. The molecule has 1 heterocycles. The Labute approximate surface area is 59.8 Å². The fourth-order valence-electron chi connectivity index (χ4n) is 0.992. The summed E-state index contributed by atoms with van der Waals surface area (Å²) in [4.78, 5) is 0. The lowest BCUT2D eigenvalue weighted by Crippen LogP contribution is -2.28. The van der Waals surface area contributed by atoms with Crippen molar-refractivity contribution in [1.29, 1.82) is 0 Å². The fourth-order valence-corrected chi connectivity index (χ4v) is 1.22. The van der Waals surface area contributed by atoms with E-state index in [1.165, 1.54) is 0 Å². The first-order valence-corrected chi connectivity index (χ1v) is 3.76. The van der Waals surface area contributed by atoms with Crippen LogP contribution in [0, 0.1) is 0 Å². The van der Waals surface area contributed by atoms with Crippen LogP contribution in [0.3, 0.4) is 0 Å². The number of rotatable bonds is 1. The van der Waals surface area contributed by atoms with E-state index in [9.17, 15) is 0 Å². The molecule has 0 aromatic heterocycles. The highest BCUT2D eigenvalue weighted by molar-refractivity contribution is 6.18. The number of hydrogen-bond donors (Lipinski definition) is 1. The molecule has 0 aliphatic carbocycles. The van der Waals surface area contributed by atoms with Gasteiger partial charge in [0.05, 0.1) is 6.10 Å². The average Bonchev–Trinajstić information content (AvgIpc) is 1.88. The van der Waals surface area contributed by atoms with Gasteiger partial charge in [-0.15, -0.1) is 11.6 Å². The normalized spacial score (nSPS) is 36.7. The first-order valence-electron chi connectivity index (χ1n) is 3.22. The molecule has 0 aromatic rings. The SMILES string of the molecule is OC1CCCC(CCl)O1. The summed E-state index contributed by atoms with van der Waals surface area (Å²) in [6, 6.07) is 0. The van der Waals surface area contributed by atoms with Gasteiger partial charge in [-0.2, -0.15) is 0 Å². The highest BCUT2D eigenvalue weighted by Gasteiger charge is 2.18. The summed E-state index contributed by atoms with van der Waals surface area (Å²) in [5, 5.41) is 8.93. The molecular formula is C6H11ClO2. The Morgan fingerprint density at radius 3 is 2.78 bits per heavy atom. The summed E-state index contributed by atoms with van der Waals surface area (Å²) in [6.45, 7) is 0. The summed E-state index contributed by atoms with van der Waals surface area (Å²) in [5.41, 5.74) is 0. The van der Waals surface area contributed by atoms with E-state index in [-0.39, 0.29) is 6.10 Å². The molecule has 2 atom stereocenters. The predicted octanol–water partition coefficient (Wildman–Crippen LogP) is 1.11. The minimum absolute atomic E-state index is 0.0791. The zero-order valence-electron chi connectivity index (χ0n) is 5.22. The Morgan fingerprint density at radius 1 is 1.56 bits per heavy atom. The molecule has 0 spiro atoms. The van der Waals surface area contributed by atoms with E-state index in [0.29, 0.717) is 5.88 Å². The third-order valence-electron chi connectivity index (χ3n) is 1.50. The number of aliphatic hydroxyl groups is 1. The van der Waals surface area contributed by atoms with Crippen LogP contribution in [-0.4, -0.2) is 23.4 Å². The van der Waals surface area contributed by atoms with Gasteiger partial charge in [0.1, 0.15) is 0 Å². The van der Waals surface area contributed by atoms with Gasteiger partial charge in [0.2, 0.25) is 0 Å². The third-order valence-corrected chi connectivity index (χ3v) is 1.84. The zero-order chi connectivity index (χ0) is 6.69. The van der Waals surface area contributed by atoms with Gasteiger partial charge < -0.3 is 9.84 Å². The van der Waals surface area contributed by atoms with Crippen LogP contribution in [0.5, 0.6) is 0 Å². The van der Waals surface area contributed by atoms with E-state index in [1.807, 2.05) is 0 Å². The standard InChI is InChI=1S/C6H11ClO2/c7-4-5-2-1-3-6(8)9-5/h5-6,8H,1-4H2. The second kappa shape index (κ2) is 3.40. The summed E-state index contributed by atoms with van der Waals surface area (Å²) in [7, 11) is 0. The highest BCUT2D eigenvalue weighted by Crippen LogP contribution is 2.17. The van der Waals surface area contributed by atoms with Crippen molar-refractivity contribution in [3.63, 3.8) is 0 Å². The number of aliphatic hydroxyl groups excluding tert-OH is 1. The second-order valence-electron chi connectivity index (χ2n) is 2.30. The van der Waals surface area contributed by atoms with Crippen LogP contribution in [0.1, 0.15) is 19.3 Å². The summed E-state index contributed by atoms with van der Waals surface area (Å²) in [6.07, 6.45) is 2.28. The molecule has 0 radical (unpaired) electrons. The Morgan fingerprint density at radius 2 is 2.33 bits per heavy atom. The monoisotopic (exact) mass is 150 g/mol. The van der Waals surface area contributed by atoms with E-state index in [2.05, 4.69) is 0 Å². The van der Waals surface area contributed by atoms with Gasteiger partial charge in [-0.25, -0.2) is 0 Å². The van der Waals surface area contributed by atoms with E-state index in [4.69, 9.17) is 21.4 Å². The van der Waals surface area contributed by atoms with Gasteiger partial charge in [0.15, 0.2) is 6.29 Å². The van der Waals surface area contributed by atoms with Crippen molar-refractivity contribution >= 4 is 11.6 Å². The van der Waals surface area contributed by atoms with Crippen molar-refractivity contribution in [3.8, 4) is 0 Å². The summed E-state index contributed by atoms with van der Waals surface area (Å²) >= 11 is 5.51. The molecule has 0 aromatic carbocycles. The topological polar surface area (TPSA) is 29.5 Å². The van der Waals surface area contributed by atoms with Crippen LogP contribution in [-0.2, 0) is 4.74 Å². The molecule has 1 fully saturated rings. The first-order chi connectivity index (χ1) is 4.33. The molecule has 9 heavy (non-hydrogen) atoms. The van der Waals surface area contributed by atoms with Gasteiger partial charge in [-0.3, -0.25) is 0 Å². The number of ether oxygens (including phenoxy) is 1. The fraction of sp³-hybridized carbons (Fsp3) is 1.00. The molecule has 0 bridgehead atoms. The molecule has 54 valence electrons. The molecular weight excluding hydrogens is 140 g/mol. The van der Waals surface area contributed by atoms with Gasteiger partial charge in [-0.05, 0) is 19.3 Å². The van der Waals surface area contributed by atoms with Crippen molar-refractivity contribution in [2.45, 2.75) is 31.7 Å². The van der Waals surface area contributed by atoms with Crippen molar-refractivity contribution in [3.05, 3.63) is 0 Å². The lowest BCUT2D eigenvalue weighted by Gasteiger charge is -2.24. The Bertz CT molecular complexity index is 87.1. The van der Waals surface area contributed by atoms with Crippen LogP contribution >= 0.6 is 11.6 Å². The quantitative estimate of drug-likeness (QED) is 0.568. The lowest BCUT2D eigenvalue weighted by molar-refractivity contribution is -0.155. The average molecular weight is 151 g/mol. The van der Waals surface area contributed by atoms with Crippen molar-refractivity contribution in [1.82, 2.24) is 0 Å². The molecule has 1 N–H and O–H groups in total. The largest absolute Gasteiger partial charge is 0.368 e. The van der Waals surface area contributed by atoms with E-state index >= 15 is 0 Å². The number of halogens is 1. The predicted molar refractivity (Wildman–Crippen MR) is 35.5 cm³/mol. The highest BCUT2D eigenvalue weighted by atomic mass is 35.5. The van der Waals surface area contributed by atoms with Crippen molar-refractivity contribution in [2.75, 3.05) is 5.88 Å². The molecule has 1 saturated heterocycles. The molecule has 0 saturated carbocycles. The molecule has 1 aliphatic rings. The molecule has 1 aliphatic heterocycles. The van der Waals surface area contributed by atoms with Gasteiger partial charge in [-0.1, -0.05) is 0 Å². The summed E-state index contributed by atoms with van der Waals surface area (Å²) in [5.74, 6) is 0.497.